The molecule has 0 spiro atoms. The Morgan fingerprint density at radius 3 is 1.46 bits per heavy atom. The Kier molecular flexibility index (Phi) is 8.23. The molecule has 35 heavy (non-hydrogen) atoms. The first kappa shape index (κ1) is 25.4. The van der Waals surface area contributed by atoms with Crippen LogP contribution in [0.5, 0.6) is 0 Å². The Hall–Kier alpha value is -2.71. The summed E-state index contributed by atoms with van der Waals surface area (Å²) in [6, 6.07) is 38.5. The molecule has 4 aromatic carbocycles. The molecule has 1 N–H and O–H groups in total. The number of rotatable bonds is 9. The summed E-state index contributed by atoms with van der Waals surface area (Å²) in [6.45, 7) is 2.13. The molecule has 0 amide bonds. The van der Waals surface area contributed by atoms with Gasteiger partial charge in [-0.05, 0) is 24.0 Å². The zero-order valence-corrected chi connectivity index (χ0v) is 22.3. The number of benzene rings is 4. The Morgan fingerprint density at radius 1 is 0.714 bits per heavy atom. The fourth-order valence-corrected chi connectivity index (χ4v) is 8.90. The van der Waals surface area contributed by atoms with Crippen LogP contribution < -0.4 is 10.6 Å². The van der Waals surface area contributed by atoms with Crippen molar-refractivity contribution in [2.24, 2.45) is 0 Å². The van der Waals surface area contributed by atoms with Crippen molar-refractivity contribution in [3.8, 4) is 0 Å². The summed E-state index contributed by atoms with van der Waals surface area (Å²) in [4.78, 5) is 0. The van der Waals surface area contributed by atoms with Gasteiger partial charge in [0.1, 0.15) is 5.60 Å². The average molecular weight is 545 g/mol. The van der Waals surface area contributed by atoms with E-state index in [1.54, 1.807) is 0 Å². The van der Waals surface area contributed by atoms with Crippen molar-refractivity contribution in [2.45, 2.75) is 31.8 Å². The second kappa shape index (κ2) is 11.4. The number of hydrogen-bond donors (Lipinski definition) is 1. The summed E-state index contributed by atoms with van der Waals surface area (Å²) in [6.07, 6.45) is 2.40. The van der Waals surface area contributed by atoms with Crippen LogP contribution in [0.25, 0.3) is 0 Å². The van der Waals surface area contributed by atoms with Crippen LogP contribution in [-0.4, -0.2) is 5.11 Å². The van der Waals surface area contributed by atoms with E-state index in [1.165, 1.54) is 0 Å². The van der Waals surface area contributed by atoms with Crippen LogP contribution in [-0.2, 0) is 10.2 Å². The van der Waals surface area contributed by atoms with Crippen molar-refractivity contribution in [1.29, 1.82) is 0 Å². The SMILES string of the molecule is CCCC/C(=C(\Br)C(O)(c1ccccc1)c1ccccc1)P(=O)(c1ccccc1)c1ccccc1. The molecule has 0 radical (unpaired) electrons. The molecule has 0 unspecified atom stereocenters. The van der Waals surface area contributed by atoms with Crippen molar-refractivity contribution in [3.05, 3.63) is 142 Å². The smallest absolute Gasteiger partial charge is 0.168 e. The lowest BCUT2D eigenvalue weighted by atomic mass is 9.85. The largest absolute Gasteiger partial charge is 0.376 e. The number of aliphatic hydroxyl groups is 1. The maximum Gasteiger partial charge on any atom is 0.168 e. The topological polar surface area (TPSA) is 37.3 Å². The Balaban J connectivity index is 2.08. The van der Waals surface area contributed by atoms with E-state index in [4.69, 9.17) is 0 Å². The van der Waals surface area contributed by atoms with E-state index >= 15 is 4.57 Å². The maximum absolute atomic E-state index is 15.4. The Bertz CT molecular complexity index is 1220. The van der Waals surface area contributed by atoms with E-state index in [0.29, 0.717) is 10.9 Å². The second-order valence-electron chi connectivity index (χ2n) is 8.59. The van der Waals surface area contributed by atoms with E-state index in [1.807, 2.05) is 121 Å². The molecule has 0 aliphatic carbocycles. The standard InChI is InChI=1S/C31H30BrO2P/c1-2-3-24-29(35(34,27-20-12-6-13-21-27)28-22-14-7-15-23-28)30(32)31(33,25-16-8-4-9-17-25)26-18-10-5-11-19-26/h4-23,33H,2-3,24H2,1H3/b30-29+. The van der Waals surface area contributed by atoms with Gasteiger partial charge in [0.2, 0.25) is 0 Å². The highest BCUT2D eigenvalue weighted by Crippen LogP contribution is 2.59. The van der Waals surface area contributed by atoms with Gasteiger partial charge in [-0.25, -0.2) is 0 Å². The van der Waals surface area contributed by atoms with E-state index in [-0.39, 0.29) is 0 Å². The van der Waals surface area contributed by atoms with Crippen LogP contribution in [0.15, 0.2) is 131 Å². The molecule has 4 heteroatoms. The van der Waals surface area contributed by atoms with Gasteiger partial charge < -0.3 is 9.67 Å². The summed E-state index contributed by atoms with van der Waals surface area (Å²) >= 11 is 3.86. The highest BCUT2D eigenvalue weighted by molar-refractivity contribution is 9.11. The zero-order valence-electron chi connectivity index (χ0n) is 19.8. The van der Waals surface area contributed by atoms with E-state index in [9.17, 15) is 5.11 Å². The third-order valence-electron chi connectivity index (χ3n) is 6.34. The minimum atomic E-state index is -3.28. The minimum Gasteiger partial charge on any atom is -0.376 e. The van der Waals surface area contributed by atoms with Crippen LogP contribution in [0.3, 0.4) is 0 Å². The summed E-state index contributed by atoms with van der Waals surface area (Å²) < 4.78 is 15.9. The van der Waals surface area contributed by atoms with Crippen LogP contribution in [0.1, 0.15) is 37.3 Å². The van der Waals surface area contributed by atoms with Crippen LogP contribution in [0.4, 0.5) is 0 Å². The fraction of sp³-hybridized carbons (Fsp3) is 0.161. The highest BCUT2D eigenvalue weighted by atomic mass is 79.9. The van der Waals surface area contributed by atoms with Gasteiger partial charge in [-0.3, -0.25) is 0 Å². The van der Waals surface area contributed by atoms with E-state index in [2.05, 4.69) is 22.9 Å². The van der Waals surface area contributed by atoms with Crippen molar-refractivity contribution >= 4 is 33.7 Å². The number of unbranched alkanes of at least 4 members (excludes halogenated alkanes) is 1. The van der Waals surface area contributed by atoms with Gasteiger partial charge in [0.05, 0.1) is 0 Å². The molecule has 2 nitrogen and oxygen atoms in total. The number of halogens is 1. The molecule has 0 aliphatic heterocycles. The molecule has 0 saturated heterocycles. The lowest BCUT2D eigenvalue weighted by Crippen LogP contribution is -2.30. The van der Waals surface area contributed by atoms with Crippen LogP contribution in [0.2, 0.25) is 0 Å². The molecule has 0 heterocycles. The van der Waals surface area contributed by atoms with E-state index in [0.717, 1.165) is 39.9 Å². The van der Waals surface area contributed by atoms with Crippen molar-refractivity contribution in [1.82, 2.24) is 0 Å². The van der Waals surface area contributed by atoms with Gasteiger partial charge in [-0.1, -0.05) is 151 Å². The van der Waals surface area contributed by atoms with Gasteiger partial charge in [-0.2, -0.15) is 0 Å². The first-order valence-electron chi connectivity index (χ1n) is 12.0. The highest BCUT2D eigenvalue weighted by Gasteiger charge is 2.42. The second-order valence-corrected chi connectivity index (χ2v) is 12.2. The summed E-state index contributed by atoms with van der Waals surface area (Å²) in [7, 11) is -3.28. The molecule has 0 fully saturated rings. The molecule has 178 valence electrons. The number of allylic oxidation sites excluding steroid dienone is 1. The van der Waals surface area contributed by atoms with Gasteiger partial charge in [-0.15, -0.1) is 0 Å². The van der Waals surface area contributed by atoms with Gasteiger partial charge in [0.25, 0.3) is 0 Å². The Morgan fingerprint density at radius 2 is 1.09 bits per heavy atom. The van der Waals surface area contributed by atoms with Gasteiger partial charge >= 0.3 is 0 Å². The molecule has 0 saturated carbocycles. The molecule has 4 aromatic rings. The van der Waals surface area contributed by atoms with Crippen molar-refractivity contribution < 1.29 is 9.67 Å². The third-order valence-corrected chi connectivity index (χ3v) is 11.0. The molecule has 4 rings (SSSR count). The summed E-state index contributed by atoms with van der Waals surface area (Å²) in [5.41, 5.74) is -0.0512. The van der Waals surface area contributed by atoms with Gasteiger partial charge in [0, 0.05) is 20.4 Å². The third kappa shape index (κ3) is 5.00. The molecular formula is C31H30BrO2P. The average Bonchev–Trinajstić information content (AvgIpc) is 2.94. The molecular weight excluding hydrogens is 515 g/mol. The lowest BCUT2D eigenvalue weighted by Gasteiger charge is -2.34. The molecule has 0 bridgehead atoms. The minimum absolute atomic E-state index is 0.548. The first-order chi connectivity index (χ1) is 17.0. The normalized spacial score (nSPS) is 12.8. The Labute approximate surface area is 216 Å². The number of hydrogen-bond acceptors (Lipinski definition) is 2. The van der Waals surface area contributed by atoms with Gasteiger partial charge in [0.15, 0.2) is 7.14 Å². The first-order valence-corrected chi connectivity index (χ1v) is 14.5. The predicted octanol–water partition coefficient (Wildman–Crippen LogP) is 7.73. The van der Waals surface area contributed by atoms with E-state index < -0.39 is 12.7 Å². The molecule has 0 aliphatic rings. The molecule has 0 atom stereocenters. The molecule has 0 aromatic heterocycles. The van der Waals surface area contributed by atoms with Crippen LogP contribution in [0, 0.1) is 0 Å². The fourth-order valence-electron chi connectivity index (χ4n) is 4.47. The van der Waals surface area contributed by atoms with Crippen LogP contribution >= 0.6 is 23.1 Å². The maximum atomic E-state index is 15.4. The van der Waals surface area contributed by atoms with Crippen molar-refractivity contribution in [2.75, 3.05) is 0 Å². The summed E-state index contributed by atoms with van der Waals surface area (Å²) in [5, 5.41) is 14.8. The zero-order chi connectivity index (χ0) is 24.7. The van der Waals surface area contributed by atoms with Crippen molar-refractivity contribution in [3.63, 3.8) is 0 Å². The quantitative estimate of drug-likeness (QED) is 0.219. The summed E-state index contributed by atoms with van der Waals surface area (Å²) in [5.74, 6) is 0. The monoisotopic (exact) mass is 544 g/mol. The lowest BCUT2D eigenvalue weighted by molar-refractivity contribution is 0.130. The predicted molar refractivity (Wildman–Crippen MR) is 151 cm³/mol.